The largest absolute Gasteiger partial charge is 0.389 e. The zero-order valence-electron chi connectivity index (χ0n) is 7.08. The maximum Gasteiger partial charge on any atom is 0.184 e. The average Bonchev–Trinajstić information content (AvgIpc) is 2.45. The maximum absolute atomic E-state index is 5.51. The van der Waals surface area contributed by atoms with E-state index in [0.717, 1.165) is 23.1 Å². The molecule has 0 bridgehead atoms. The molecule has 0 aromatic carbocycles. The summed E-state index contributed by atoms with van der Waals surface area (Å²) in [6, 6.07) is 0. The van der Waals surface area contributed by atoms with Crippen LogP contribution in [0.1, 0.15) is 13.3 Å². The molecule has 1 rings (SSSR count). The molecule has 1 aromatic rings. The summed E-state index contributed by atoms with van der Waals surface area (Å²) in [7, 11) is 0. The van der Waals surface area contributed by atoms with Crippen molar-refractivity contribution in [1.29, 1.82) is 0 Å². The van der Waals surface area contributed by atoms with Crippen molar-refractivity contribution in [2.24, 2.45) is 0 Å². The molecule has 3 nitrogen and oxygen atoms in total. The van der Waals surface area contributed by atoms with Crippen LogP contribution in [0.2, 0.25) is 0 Å². The third-order valence-corrected chi connectivity index (χ3v) is 2.13. The van der Waals surface area contributed by atoms with Gasteiger partial charge in [-0.05, 0) is 13.3 Å². The Morgan fingerprint density at radius 3 is 3.17 bits per heavy atom. The van der Waals surface area contributed by atoms with Crippen LogP contribution in [-0.4, -0.2) is 11.5 Å². The molecule has 0 aliphatic heterocycles. The second-order valence-electron chi connectivity index (χ2n) is 2.35. The molecule has 3 N–H and O–H groups in total. The smallest absolute Gasteiger partial charge is 0.184 e. The van der Waals surface area contributed by atoms with Crippen molar-refractivity contribution in [2.45, 2.75) is 13.3 Å². The number of nitrogens with zero attached hydrogens (tertiary/aromatic N) is 1. The van der Waals surface area contributed by atoms with Gasteiger partial charge in [0.25, 0.3) is 0 Å². The molecular formula is C8H13N3S. The highest BCUT2D eigenvalue weighted by Crippen LogP contribution is 2.18. The highest BCUT2D eigenvalue weighted by atomic mass is 32.1. The fourth-order valence-corrected chi connectivity index (χ4v) is 1.41. The number of nitrogen functional groups attached to an aromatic ring is 1. The van der Waals surface area contributed by atoms with Crippen molar-refractivity contribution in [2.75, 3.05) is 17.6 Å². The van der Waals surface area contributed by atoms with Gasteiger partial charge in [-0.2, -0.15) is 0 Å². The van der Waals surface area contributed by atoms with Gasteiger partial charge in [0.1, 0.15) is 5.00 Å². The Balaban J connectivity index is 2.24. The number of hydrogen-bond donors (Lipinski definition) is 2. The van der Waals surface area contributed by atoms with Crippen LogP contribution in [0.3, 0.4) is 0 Å². The SMILES string of the molecule is C/C=C/CCNc1ncc(N)s1. The van der Waals surface area contributed by atoms with E-state index in [1.54, 1.807) is 6.20 Å². The summed E-state index contributed by atoms with van der Waals surface area (Å²) in [5.74, 6) is 0. The van der Waals surface area contributed by atoms with Crippen LogP contribution in [0.5, 0.6) is 0 Å². The Bertz CT molecular complexity index is 255. The zero-order valence-corrected chi connectivity index (χ0v) is 7.90. The van der Waals surface area contributed by atoms with Crippen LogP contribution >= 0.6 is 11.3 Å². The highest BCUT2D eigenvalue weighted by Gasteiger charge is 1.95. The third kappa shape index (κ3) is 2.92. The molecule has 0 spiro atoms. The fraction of sp³-hybridized carbons (Fsp3) is 0.375. The second-order valence-corrected chi connectivity index (χ2v) is 3.41. The van der Waals surface area contributed by atoms with Crippen molar-refractivity contribution < 1.29 is 0 Å². The lowest BCUT2D eigenvalue weighted by Gasteiger charge is -1.97. The van der Waals surface area contributed by atoms with E-state index in [9.17, 15) is 0 Å². The first-order chi connectivity index (χ1) is 5.83. The summed E-state index contributed by atoms with van der Waals surface area (Å²) >= 11 is 1.48. The van der Waals surface area contributed by atoms with Gasteiger partial charge in [0.15, 0.2) is 5.13 Å². The summed E-state index contributed by atoms with van der Waals surface area (Å²) in [6.07, 6.45) is 6.85. The summed E-state index contributed by atoms with van der Waals surface area (Å²) in [5, 5.41) is 4.83. The average molecular weight is 183 g/mol. The van der Waals surface area contributed by atoms with E-state index in [1.807, 2.05) is 13.0 Å². The lowest BCUT2D eigenvalue weighted by Crippen LogP contribution is -1.98. The van der Waals surface area contributed by atoms with Crippen molar-refractivity contribution in [3.8, 4) is 0 Å². The Kier molecular flexibility index (Phi) is 3.60. The number of aromatic nitrogens is 1. The van der Waals surface area contributed by atoms with Gasteiger partial charge in [0.2, 0.25) is 0 Å². The van der Waals surface area contributed by atoms with Gasteiger partial charge in [0, 0.05) is 6.54 Å². The summed E-state index contributed by atoms with van der Waals surface area (Å²) in [6.45, 7) is 2.93. The Morgan fingerprint density at radius 2 is 2.58 bits per heavy atom. The highest BCUT2D eigenvalue weighted by molar-refractivity contribution is 7.19. The van der Waals surface area contributed by atoms with Crippen molar-refractivity contribution in [3.63, 3.8) is 0 Å². The molecule has 0 unspecified atom stereocenters. The molecule has 0 amide bonds. The summed E-state index contributed by atoms with van der Waals surface area (Å²) in [5.41, 5.74) is 5.51. The minimum absolute atomic E-state index is 0.753. The summed E-state index contributed by atoms with van der Waals surface area (Å²) < 4.78 is 0. The predicted octanol–water partition coefficient (Wildman–Crippen LogP) is 2.10. The van der Waals surface area contributed by atoms with Gasteiger partial charge < -0.3 is 11.1 Å². The Morgan fingerprint density at radius 1 is 1.75 bits per heavy atom. The zero-order chi connectivity index (χ0) is 8.81. The molecule has 0 radical (unpaired) electrons. The standard InChI is InChI=1S/C8H13N3S/c1-2-3-4-5-10-8-11-6-7(9)12-8/h2-3,6H,4-5,9H2,1H3,(H,10,11)/b3-2+. The monoisotopic (exact) mass is 183 g/mol. The minimum Gasteiger partial charge on any atom is -0.389 e. The van der Waals surface area contributed by atoms with E-state index in [-0.39, 0.29) is 0 Å². The quantitative estimate of drug-likeness (QED) is 0.555. The van der Waals surface area contributed by atoms with Crippen molar-refractivity contribution >= 4 is 21.5 Å². The molecule has 66 valence electrons. The van der Waals surface area contributed by atoms with Gasteiger partial charge >= 0.3 is 0 Å². The lowest BCUT2D eigenvalue weighted by molar-refractivity contribution is 1.06. The maximum atomic E-state index is 5.51. The second kappa shape index (κ2) is 4.77. The number of hydrogen-bond acceptors (Lipinski definition) is 4. The van der Waals surface area contributed by atoms with Gasteiger partial charge in [-0.3, -0.25) is 0 Å². The third-order valence-electron chi connectivity index (χ3n) is 1.35. The van der Waals surface area contributed by atoms with Crippen molar-refractivity contribution in [1.82, 2.24) is 4.98 Å². The van der Waals surface area contributed by atoms with Crippen LogP contribution < -0.4 is 11.1 Å². The van der Waals surface area contributed by atoms with Crippen LogP contribution in [0, 0.1) is 0 Å². The predicted molar refractivity (Wildman–Crippen MR) is 54.4 cm³/mol. The molecule has 0 saturated heterocycles. The first-order valence-corrected chi connectivity index (χ1v) is 4.71. The number of allylic oxidation sites excluding steroid dienone is 1. The van der Waals surface area contributed by atoms with E-state index >= 15 is 0 Å². The molecule has 4 heteroatoms. The van der Waals surface area contributed by atoms with E-state index < -0.39 is 0 Å². The number of rotatable bonds is 4. The Hall–Kier alpha value is -1.03. The van der Waals surface area contributed by atoms with Gasteiger partial charge in [-0.1, -0.05) is 23.5 Å². The van der Waals surface area contributed by atoms with Gasteiger partial charge in [-0.25, -0.2) is 4.98 Å². The number of thiazole rings is 1. The van der Waals surface area contributed by atoms with Crippen LogP contribution in [-0.2, 0) is 0 Å². The molecule has 0 aliphatic rings. The van der Waals surface area contributed by atoms with Gasteiger partial charge in [0.05, 0.1) is 6.20 Å². The van der Waals surface area contributed by atoms with E-state index in [1.165, 1.54) is 11.3 Å². The fourth-order valence-electron chi connectivity index (χ4n) is 0.797. The number of anilines is 2. The molecule has 0 saturated carbocycles. The summed E-state index contributed by atoms with van der Waals surface area (Å²) in [4.78, 5) is 4.07. The van der Waals surface area contributed by atoms with Crippen LogP contribution in [0.25, 0.3) is 0 Å². The lowest BCUT2D eigenvalue weighted by atomic mass is 10.4. The number of nitrogens with one attached hydrogen (secondary N) is 1. The van der Waals surface area contributed by atoms with Crippen molar-refractivity contribution in [3.05, 3.63) is 18.3 Å². The van der Waals surface area contributed by atoms with E-state index in [4.69, 9.17) is 5.73 Å². The minimum atomic E-state index is 0.753. The van der Waals surface area contributed by atoms with Gasteiger partial charge in [-0.15, -0.1) is 0 Å². The van der Waals surface area contributed by atoms with Crippen LogP contribution in [0.15, 0.2) is 18.3 Å². The Labute approximate surface area is 76.3 Å². The van der Waals surface area contributed by atoms with E-state index in [0.29, 0.717) is 0 Å². The molecule has 1 aromatic heterocycles. The molecular weight excluding hydrogens is 170 g/mol. The first kappa shape index (κ1) is 9.06. The molecule has 0 atom stereocenters. The van der Waals surface area contributed by atoms with E-state index in [2.05, 4.69) is 16.4 Å². The molecule has 12 heavy (non-hydrogen) atoms. The molecule has 0 fully saturated rings. The first-order valence-electron chi connectivity index (χ1n) is 3.89. The number of nitrogens with two attached hydrogens (primary N) is 1. The topological polar surface area (TPSA) is 50.9 Å². The molecule has 0 aliphatic carbocycles. The normalized spacial score (nSPS) is 10.8. The van der Waals surface area contributed by atoms with Crippen LogP contribution in [0.4, 0.5) is 10.1 Å². The molecule has 1 heterocycles.